The Kier molecular flexibility index (Phi) is 15.5. The van der Waals surface area contributed by atoms with E-state index in [9.17, 15) is 9.59 Å². The predicted octanol–water partition coefficient (Wildman–Crippen LogP) is 12.8. The van der Waals surface area contributed by atoms with Crippen molar-refractivity contribution in [2.24, 2.45) is 0 Å². The fraction of sp³-hybridized carbons (Fsp3) is 0.450. The number of thiol groups is 1. The number of halogens is 3. The molecular weight excluding hydrogens is 876 g/mol. The van der Waals surface area contributed by atoms with Crippen molar-refractivity contribution >= 4 is 106 Å². The van der Waals surface area contributed by atoms with Crippen LogP contribution in [0, 0.1) is 0 Å². The Bertz CT molecular complexity index is 1740. The van der Waals surface area contributed by atoms with Gasteiger partial charge >= 0.3 is 12.2 Å². The molecule has 0 bridgehead atoms. The molecule has 0 saturated carbocycles. The van der Waals surface area contributed by atoms with Crippen molar-refractivity contribution in [3.63, 3.8) is 0 Å². The maximum absolute atomic E-state index is 12.2. The van der Waals surface area contributed by atoms with Gasteiger partial charge in [-0.15, -0.1) is 24.4 Å². The summed E-state index contributed by atoms with van der Waals surface area (Å²) in [4.78, 5) is 30.3. The zero-order valence-electron chi connectivity index (χ0n) is 30.3. The summed E-state index contributed by atoms with van der Waals surface area (Å²) in [5, 5.41) is 5.47. The van der Waals surface area contributed by atoms with E-state index in [0.29, 0.717) is 10.1 Å². The number of hydrogen-bond acceptors (Lipinski definition) is 6. The molecule has 0 N–H and O–H groups in total. The minimum absolute atomic E-state index is 0.183. The van der Waals surface area contributed by atoms with E-state index < -0.39 is 5.60 Å². The molecule has 0 unspecified atom stereocenters. The molecule has 2 aliphatic heterocycles. The molecule has 11 heteroatoms. The Morgan fingerprint density at radius 2 is 1.06 bits per heavy atom. The van der Waals surface area contributed by atoms with Gasteiger partial charge in [0.1, 0.15) is 11.2 Å². The fourth-order valence-electron chi connectivity index (χ4n) is 5.60. The lowest BCUT2D eigenvalue weighted by Gasteiger charge is -2.33. The number of thioether (sulfide) groups is 1. The minimum atomic E-state index is -0.432. The van der Waals surface area contributed by atoms with Gasteiger partial charge in [0.05, 0.1) is 0 Å². The van der Waals surface area contributed by atoms with Crippen LogP contribution in [-0.2, 0) is 9.47 Å². The summed E-state index contributed by atoms with van der Waals surface area (Å²) < 4.78 is 13.0. The number of carbonyl (C=O) groups excluding carboxylic acids is 2. The summed E-state index contributed by atoms with van der Waals surface area (Å²) in [6.07, 6.45) is 3.64. The Hall–Kier alpha value is -1.92. The van der Waals surface area contributed by atoms with Crippen molar-refractivity contribution in [3.05, 3.63) is 81.7 Å². The van der Waals surface area contributed by atoms with Crippen LogP contribution < -0.4 is 0 Å². The van der Waals surface area contributed by atoms with Crippen molar-refractivity contribution < 1.29 is 19.1 Å². The number of benzene rings is 4. The predicted molar refractivity (Wildman–Crippen MR) is 227 cm³/mol. The third kappa shape index (κ3) is 13.2. The molecule has 4 aromatic carbocycles. The maximum atomic E-state index is 12.2. The van der Waals surface area contributed by atoms with Crippen molar-refractivity contribution in [2.75, 3.05) is 26.2 Å². The highest BCUT2D eigenvalue weighted by atomic mass is 79.9. The van der Waals surface area contributed by atoms with Gasteiger partial charge < -0.3 is 19.3 Å². The molecule has 2 heterocycles. The minimum Gasteiger partial charge on any atom is -0.444 e. The first-order valence-corrected chi connectivity index (χ1v) is 21.1. The summed E-state index contributed by atoms with van der Waals surface area (Å²) in [6.45, 7) is 14.5. The highest BCUT2D eigenvalue weighted by Crippen LogP contribution is 2.37. The lowest BCUT2D eigenvalue weighted by atomic mass is 10.1. The summed E-state index contributed by atoms with van der Waals surface area (Å²) in [5.74, 6) is 0. The zero-order chi connectivity index (χ0) is 37.3. The van der Waals surface area contributed by atoms with Crippen LogP contribution in [0.4, 0.5) is 9.59 Å². The van der Waals surface area contributed by atoms with Gasteiger partial charge in [-0.3, -0.25) is 0 Å². The van der Waals surface area contributed by atoms with Gasteiger partial charge in [-0.1, -0.05) is 96.3 Å². The number of ether oxygens (including phenoxy) is 2. The van der Waals surface area contributed by atoms with Gasteiger partial charge in [0.25, 0.3) is 0 Å². The van der Waals surface area contributed by atoms with Gasteiger partial charge in [-0.2, -0.15) is 0 Å². The number of piperidine rings is 2. The van der Waals surface area contributed by atoms with E-state index in [1.807, 2.05) is 82.5 Å². The Morgan fingerprint density at radius 1 is 0.647 bits per heavy atom. The number of amides is 2. The number of nitrogens with zero attached hydrogens (tertiary/aromatic N) is 2. The molecule has 0 aliphatic carbocycles. The SMILES string of the molecule is CC(C)(C)OC(=O)N1CCC(Br)CC1.CC(C)(C)OC(=O)N1CCC(Sc2ccc(Br)c3ccccc23)CC1.Sc1ccc(Br)c2ccccc12. The van der Waals surface area contributed by atoms with E-state index in [2.05, 4.69) is 109 Å². The average Bonchev–Trinajstić information content (AvgIpc) is 3.08. The van der Waals surface area contributed by atoms with Crippen LogP contribution >= 0.6 is 72.2 Å². The lowest BCUT2D eigenvalue weighted by molar-refractivity contribution is 0.0209. The number of hydrogen-bond donors (Lipinski definition) is 1. The first-order valence-electron chi connectivity index (χ1n) is 17.3. The molecule has 51 heavy (non-hydrogen) atoms. The molecule has 2 amide bonds. The second-order valence-corrected chi connectivity index (χ2v) is 19.5. The van der Waals surface area contributed by atoms with Crippen LogP contribution in [0.5, 0.6) is 0 Å². The van der Waals surface area contributed by atoms with Crippen molar-refractivity contribution in [2.45, 2.75) is 98.3 Å². The lowest BCUT2D eigenvalue weighted by Crippen LogP contribution is -2.42. The van der Waals surface area contributed by atoms with E-state index in [0.717, 1.165) is 65.7 Å². The summed E-state index contributed by atoms with van der Waals surface area (Å²) in [7, 11) is 0. The number of alkyl halides is 1. The Balaban J connectivity index is 0.000000189. The smallest absolute Gasteiger partial charge is 0.410 e. The Morgan fingerprint density at radius 3 is 1.53 bits per heavy atom. The molecule has 276 valence electrons. The van der Waals surface area contributed by atoms with E-state index in [1.54, 1.807) is 4.90 Å². The first kappa shape index (κ1) is 41.8. The molecule has 0 aromatic heterocycles. The number of carbonyl (C=O) groups is 2. The topological polar surface area (TPSA) is 59.1 Å². The summed E-state index contributed by atoms with van der Waals surface area (Å²) in [5.41, 5.74) is -0.818. The molecule has 0 spiro atoms. The van der Waals surface area contributed by atoms with Gasteiger partial charge in [-0.05, 0) is 113 Å². The van der Waals surface area contributed by atoms with Crippen LogP contribution in [0.1, 0.15) is 67.2 Å². The van der Waals surface area contributed by atoms with E-state index >= 15 is 0 Å². The number of rotatable bonds is 2. The van der Waals surface area contributed by atoms with E-state index in [1.165, 1.54) is 26.4 Å². The third-order valence-corrected chi connectivity index (χ3v) is 12.2. The van der Waals surface area contributed by atoms with Gasteiger partial charge in [0.2, 0.25) is 0 Å². The molecule has 0 atom stereocenters. The largest absolute Gasteiger partial charge is 0.444 e. The maximum Gasteiger partial charge on any atom is 0.410 e. The molecule has 6 rings (SSSR count). The van der Waals surface area contributed by atoms with Gasteiger partial charge in [0, 0.05) is 55.0 Å². The average molecular weight is 926 g/mol. The normalized spacial score (nSPS) is 15.8. The first-order chi connectivity index (χ1) is 24.0. The van der Waals surface area contributed by atoms with E-state index in [-0.39, 0.29) is 17.8 Å². The van der Waals surface area contributed by atoms with Crippen molar-refractivity contribution in [3.8, 4) is 0 Å². The van der Waals surface area contributed by atoms with Gasteiger partial charge in [0.15, 0.2) is 0 Å². The van der Waals surface area contributed by atoms with Gasteiger partial charge in [-0.25, -0.2) is 9.59 Å². The van der Waals surface area contributed by atoms with Crippen LogP contribution in [0.2, 0.25) is 0 Å². The zero-order valence-corrected chi connectivity index (χ0v) is 36.7. The fourth-order valence-corrected chi connectivity index (χ4v) is 8.50. The highest BCUT2D eigenvalue weighted by Gasteiger charge is 2.28. The molecule has 4 aromatic rings. The molecule has 2 saturated heterocycles. The molecule has 2 fully saturated rings. The molecule has 2 aliphatic rings. The van der Waals surface area contributed by atoms with Crippen LogP contribution in [0.3, 0.4) is 0 Å². The second-order valence-electron chi connectivity index (χ2n) is 14.6. The Labute approximate surface area is 338 Å². The van der Waals surface area contributed by atoms with Crippen LogP contribution in [-0.4, -0.2) is 69.4 Å². The number of likely N-dealkylation sites (tertiary alicyclic amines) is 2. The monoisotopic (exact) mass is 922 g/mol. The number of fused-ring (bicyclic) bond motifs is 2. The van der Waals surface area contributed by atoms with Crippen molar-refractivity contribution in [1.82, 2.24) is 9.80 Å². The quantitative estimate of drug-likeness (QED) is 0.160. The van der Waals surface area contributed by atoms with E-state index in [4.69, 9.17) is 9.47 Å². The second kappa shape index (κ2) is 18.9. The molecular formula is C40H49Br3N2O4S2. The highest BCUT2D eigenvalue weighted by molar-refractivity contribution is 9.11. The third-order valence-electron chi connectivity index (χ3n) is 8.14. The summed E-state index contributed by atoms with van der Waals surface area (Å²) in [6, 6.07) is 25.0. The standard InChI is InChI=1S/C20H24BrNO2S.C10H18BrNO2.C10H7BrS/c1-20(2,3)24-19(23)22-12-10-14(11-13-22)25-18-9-8-17(21)15-6-4-5-7-16(15)18;1-10(2,3)14-9(13)12-6-4-8(11)5-7-12;11-9-5-6-10(12)8-4-2-1-3-7(8)9/h4-9,14H,10-13H2,1-3H3;8H,4-7H2,1-3H3;1-6,12H. The summed E-state index contributed by atoms with van der Waals surface area (Å²) >= 11 is 17.0. The molecule has 6 nitrogen and oxygen atoms in total. The molecule has 0 radical (unpaired) electrons. The van der Waals surface area contributed by atoms with Crippen molar-refractivity contribution in [1.29, 1.82) is 0 Å². The van der Waals surface area contributed by atoms with Crippen LogP contribution in [0.25, 0.3) is 21.5 Å². The van der Waals surface area contributed by atoms with Crippen LogP contribution in [0.15, 0.2) is 91.5 Å².